The Kier molecular flexibility index (Phi) is 4.40. The van der Waals surface area contributed by atoms with E-state index in [2.05, 4.69) is 15.9 Å². The first-order chi connectivity index (χ1) is 8.84. The predicted octanol–water partition coefficient (Wildman–Crippen LogP) is 3.81. The lowest BCUT2D eigenvalue weighted by atomic mass is 9.96. The normalized spacial score (nSPS) is 18.7. The second-order valence-electron chi connectivity index (χ2n) is 4.98. The second kappa shape index (κ2) is 5.71. The molecule has 6 heteroatoms. The molecule has 1 aliphatic rings. The van der Waals surface area contributed by atoms with Gasteiger partial charge in [0, 0.05) is 16.7 Å². The molecule has 0 aromatic heterocycles. The van der Waals surface area contributed by atoms with Crippen molar-refractivity contribution in [3.63, 3.8) is 0 Å². The molecule has 1 aromatic carbocycles. The third kappa shape index (κ3) is 4.11. The Balaban J connectivity index is 1.92. The average Bonchev–Trinajstić information content (AvgIpc) is 2.26. The van der Waals surface area contributed by atoms with Crippen molar-refractivity contribution in [2.75, 3.05) is 18.8 Å². The molecule has 0 unspecified atom stereocenters. The molecule has 0 radical (unpaired) electrons. The Morgan fingerprint density at radius 3 is 2.37 bits per heavy atom. The first-order valence-corrected chi connectivity index (χ1v) is 6.98. The molecule has 0 aliphatic carbocycles. The van der Waals surface area contributed by atoms with Gasteiger partial charge in [-0.25, -0.2) is 0 Å². The van der Waals surface area contributed by atoms with E-state index in [1.165, 1.54) is 0 Å². The van der Waals surface area contributed by atoms with E-state index in [1.54, 1.807) is 6.07 Å². The summed E-state index contributed by atoms with van der Waals surface area (Å²) in [7, 11) is 0. The van der Waals surface area contributed by atoms with E-state index in [4.69, 9.17) is 5.73 Å². The van der Waals surface area contributed by atoms with Crippen LogP contribution in [-0.2, 0) is 6.54 Å². The number of nitrogen functional groups attached to an aromatic ring is 1. The Morgan fingerprint density at radius 1 is 1.21 bits per heavy atom. The molecule has 106 valence electrons. The predicted molar refractivity (Wildman–Crippen MR) is 72.6 cm³/mol. The molecule has 0 bridgehead atoms. The van der Waals surface area contributed by atoms with Gasteiger partial charge in [0.15, 0.2) is 0 Å². The van der Waals surface area contributed by atoms with Gasteiger partial charge < -0.3 is 5.73 Å². The average molecular weight is 337 g/mol. The van der Waals surface area contributed by atoms with Gasteiger partial charge >= 0.3 is 6.18 Å². The summed E-state index contributed by atoms with van der Waals surface area (Å²) < 4.78 is 38.6. The van der Waals surface area contributed by atoms with Crippen LogP contribution in [0.3, 0.4) is 0 Å². The Labute approximate surface area is 118 Å². The summed E-state index contributed by atoms with van der Waals surface area (Å²) in [5, 5.41) is 0. The van der Waals surface area contributed by atoms with Gasteiger partial charge in [-0.1, -0.05) is 15.9 Å². The number of nitrogens with zero attached hydrogens (tertiary/aromatic N) is 1. The number of alkyl halides is 3. The molecular weight excluding hydrogens is 321 g/mol. The highest BCUT2D eigenvalue weighted by Gasteiger charge is 2.40. The van der Waals surface area contributed by atoms with Gasteiger partial charge in [0.1, 0.15) is 0 Å². The summed E-state index contributed by atoms with van der Waals surface area (Å²) in [6, 6.07) is 5.62. The largest absolute Gasteiger partial charge is 0.399 e. The third-order valence-electron chi connectivity index (χ3n) is 3.44. The van der Waals surface area contributed by atoms with Crippen molar-refractivity contribution in [3.05, 3.63) is 28.2 Å². The number of anilines is 1. The van der Waals surface area contributed by atoms with Gasteiger partial charge in [0.05, 0.1) is 5.92 Å². The van der Waals surface area contributed by atoms with E-state index in [1.807, 2.05) is 17.0 Å². The first kappa shape index (κ1) is 14.7. The summed E-state index contributed by atoms with van der Waals surface area (Å²) in [4.78, 5) is 2.05. The minimum absolute atomic E-state index is 0.187. The number of hydrogen-bond acceptors (Lipinski definition) is 2. The van der Waals surface area contributed by atoms with Gasteiger partial charge in [-0.2, -0.15) is 13.2 Å². The van der Waals surface area contributed by atoms with Crippen molar-refractivity contribution in [2.45, 2.75) is 25.6 Å². The van der Waals surface area contributed by atoms with Crippen LogP contribution in [-0.4, -0.2) is 24.2 Å². The molecule has 0 spiro atoms. The molecule has 1 aliphatic heterocycles. The van der Waals surface area contributed by atoms with E-state index >= 15 is 0 Å². The fourth-order valence-corrected chi connectivity index (χ4v) is 3.00. The van der Waals surface area contributed by atoms with Crippen LogP contribution in [0.5, 0.6) is 0 Å². The van der Waals surface area contributed by atoms with Crippen LogP contribution in [0.4, 0.5) is 18.9 Å². The topological polar surface area (TPSA) is 29.3 Å². The maximum absolute atomic E-state index is 12.6. The molecule has 1 aromatic rings. The van der Waals surface area contributed by atoms with E-state index < -0.39 is 12.1 Å². The number of hydrogen-bond donors (Lipinski definition) is 1. The van der Waals surface area contributed by atoms with Gasteiger partial charge in [0.25, 0.3) is 0 Å². The van der Waals surface area contributed by atoms with Gasteiger partial charge in [-0.3, -0.25) is 4.90 Å². The molecule has 1 fully saturated rings. The summed E-state index contributed by atoms with van der Waals surface area (Å²) in [6.07, 6.45) is -3.67. The molecule has 0 amide bonds. The number of nitrogens with two attached hydrogens (primary N) is 1. The molecule has 2 rings (SSSR count). The number of likely N-dealkylation sites (tertiary alicyclic amines) is 1. The van der Waals surface area contributed by atoms with Crippen LogP contribution in [0.15, 0.2) is 22.7 Å². The molecular formula is C13H16BrF3N2. The quantitative estimate of drug-likeness (QED) is 0.832. The maximum Gasteiger partial charge on any atom is 0.391 e. The Morgan fingerprint density at radius 2 is 1.84 bits per heavy atom. The number of rotatable bonds is 2. The Hall–Kier alpha value is -0.750. The van der Waals surface area contributed by atoms with Crippen molar-refractivity contribution in [1.82, 2.24) is 4.90 Å². The van der Waals surface area contributed by atoms with Gasteiger partial charge in [-0.05, 0) is 49.7 Å². The minimum Gasteiger partial charge on any atom is -0.399 e. The Bertz CT molecular complexity index is 420. The van der Waals surface area contributed by atoms with E-state index in [9.17, 15) is 13.2 Å². The molecule has 2 N–H and O–H groups in total. The standard InChI is InChI=1S/C13H16BrF3N2/c14-11-5-9(6-12(18)7-11)8-19-3-1-10(2-4-19)13(15,16)17/h5-7,10H,1-4,8,18H2. The van der Waals surface area contributed by atoms with E-state index in [0.717, 1.165) is 10.0 Å². The number of benzene rings is 1. The summed E-state index contributed by atoms with van der Waals surface area (Å²) in [5.41, 5.74) is 7.43. The summed E-state index contributed by atoms with van der Waals surface area (Å²) >= 11 is 3.37. The SMILES string of the molecule is Nc1cc(Br)cc(CN2CCC(C(F)(F)F)CC2)c1. The first-order valence-electron chi connectivity index (χ1n) is 6.18. The molecule has 1 saturated heterocycles. The maximum atomic E-state index is 12.6. The fraction of sp³-hybridized carbons (Fsp3) is 0.538. The van der Waals surface area contributed by atoms with Crippen LogP contribution in [0.2, 0.25) is 0 Å². The fourth-order valence-electron chi connectivity index (χ4n) is 2.44. The monoisotopic (exact) mass is 336 g/mol. The molecule has 1 heterocycles. The highest BCUT2D eigenvalue weighted by atomic mass is 79.9. The lowest BCUT2D eigenvalue weighted by molar-refractivity contribution is -0.185. The smallest absolute Gasteiger partial charge is 0.391 e. The second-order valence-corrected chi connectivity index (χ2v) is 5.90. The van der Waals surface area contributed by atoms with Crippen molar-refractivity contribution < 1.29 is 13.2 Å². The van der Waals surface area contributed by atoms with Gasteiger partial charge in [0.2, 0.25) is 0 Å². The van der Waals surface area contributed by atoms with Crippen molar-refractivity contribution in [3.8, 4) is 0 Å². The lowest BCUT2D eigenvalue weighted by Gasteiger charge is -2.32. The van der Waals surface area contributed by atoms with Crippen LogP contribution < -0.4 is 5.73 Å². The van der Waals surface area contributed by atoms with Crippen molar-refractivity contribution in [1.29, 1.82) is 0 Å². The molecule has 0 atom stereocenters. The van der Waals surface area contributed by atoms with Crippen molar-refractivity contribution >= 4 is 21.6 Å². The van der Waals surface area contributed by atoms with Crippen LogP contribution in [0.1, 0.15) is 18.4 Å². The minimum atomic E-state index is -4.05. The van der Waals surface area contributed by atoms with E-state index in [-0.39, 0.29) is 12.8 Å². The summed E-state index contributed by atoms with van der Waals surface area (Å²) in [5.74, 6) is -1.14. The number of piperidine rings is 1. The van der Waals surface area contributed by atoms with Crippen molar-refractivity contribution in [2.24, 2.45) is 5.92 Å². The zero-order chi connectivity index (χ0) is 14.0. The van der Waals surface area contributed by atoms with Gasteiger partial charge in [-0.15, -0.1) is 0 Å². The third-order valence-corrected chi connectivity index (χ3v) is 3.89. The lowest BCUT2D eigenvalue weighted by Crippen LogP contribution is -2.38. The zero-order valence-electron chi connectivity index (χ0n) is 10.4. The van der Waals surface area contributed by atoms with E-state index in [0.29, 0.717) is 25.3 Å². The van der Waals surface area contributed by atoms with Crippen LogP contribution >= 0.6 is 15.9 Å². The number of halogens is 4. The zero-order valence-corrected chi connectivity index (χ0v) is 12.0. The molecule has 2 nitrogen and oxygen atoms in total. The molecule has 19 heavy (non-hydrogen) atoms. The summed E-state index contributed by atoms with van der Waals surface area (Å²) in [6.45, 7) is 1.61. The molecule has 0 saturated carbocycles. The highest BCUT2D eigenvalue weighted by Crippen LogP contribution is 2.34. The highest BCUT2D eigenvalue weighted by molar-refractivity contribution is 9.10. The van der Waals surface area contributed by atoms with Crippen LogP contribution in [0, 0.1) is 5.92 Å². The van der Waals surface area contributed by atoms with Crippen LogP contribution in [0.25, 0.3) is 0 Å².